The van der Waals surface area contributed by atoms with Gasteiger partial charge in [-0.05, 0) is 24.1 Å². The van der Waals surface area contributed by atoms with Crippen molar-refractivity contribution in [1.29, 1.82) is 0 Å². The number of carboxylic acid groups (broad SMARTS) is 1. The predicted octanol–water partition coefficient (Wildman–Crippen LogP) is 1.05. The van der Waals surface area contributed by atoms with Crippen molar-refractivity contribution in [3.63, 3.8) is 0 Å². The van der Waals surface area contributed by atoms with E-state index in [1.807, 2.05) is 18.2 Å². The van der Waals surface area contributed by atoms with Crippen LogP contribution in [0.25, 0.3) is 0 Å². The van der Waals surface area contributed by atoms with Crippen molar-refractivity contribution in [3.05, 3.63) is 23.8 Å². The standard InChI is InChI=1S/C13H17NO4/c14-8-10(13(15)16)6-9-2-3-11-12(7-9)18-5-1-4-17-11/h2-3,7,10H,1,4-6,8,14H2,(H,15,16). The fourth-order valence-electron chi connectivity index (χ4n) is 1.89. The van der Waals surface area contributed by atoms with E-state index in [4.69, 9.17) is 20.3 Å². The van der Waals surface area contributed by atoms with Crippen molar-refractivity contribution in [1.82, 2.24) is 0 Å². The van der Waals surface area contributed by atoms with Crippen LogP contribution in [0.15, 0.2) is 18.2 Å². The van der Waals surface area contributed by atoms with Crippen LogP contribution in [0, 0.1) is 5.92 Å². The fourth-order valence-corrected chi connectivity index (χ4v) is 1.89. The van der Waals surface area contributed by atoms with Crippen LogP contribution >= 0.6 is 0 Å². The summed E-state index contributed by atoms with van der Waals surface area (Å²) in [4.78, 5) is 10.9. The van der Waals surface area contributed by atoms with Crippen LogP contribution in [0.3, 0.4) is 0 Å². The normalized spacial score (nSPS) is 15.8. The molecule has 0 bridgehead atoms. The molecule has 0 amide bonds. The molecule has 0 fully saturated rings. The van der Waals surface area contributed by atoms with Crippen molar-refractivity contribution in [2.45, 2.75) is 12.8 Å². The maximum atomic E-state index is 10.9. The number of hydrogen-bond acceptors (Lipinski definition) is 4. The Bertz CT molecular complexity index is 433. The van der Waals surface area contributed by atoms with E-state index in [2.05, 4.69) is 0 Å². The van der Waals surface area contributed by atoms with Gasteiger partial charge in [0, 0.05) is 13.0 Å². The summed E-state index contributed by atoms with van der Waals surface area (Å²) in [5, 5.41) is 8.98. The Morgan fingerprint density at radius 1 is 1.33 bits per heavy atom. The molecule has 1 unspecified atom stereocenters. The van der Waals surface area contributed by atoms with Gasteiger partial charge in [-0.3, -0.25) is 4.79 Å². The molecule has 5 heteroatoms. The molecule has 1 aromatic rings. The van der Waals surface area contributed by atoms with Crippen molar-refractivity contribution in [2.24, 2.45) is 11.7 Å². The Kier molecular flexibility index (Phi) is 4.04. The van der Waals surface area contributed by atoms with Crippen LogP contribution in [0.2, 0.25) is 0 Å². The minimum atomic E-state index is -0.871. The van der Waals surface area contributed by atoms with Gasteiger partial charge in [-0.2, -0.15) is 0 Å². The zero-order valence-electron chi connectivity index (χ0n) is 10.1. The summed E-state index contributed by atoms with van der Waals surface area (Å²) in [6.45, 7) is 1.40. The van der Waals surface area contributed by atoms with E-state index in [1.54, 1.807) is 0 Å². The SMILES string of the molecule is NCC(Cc1ccc2c(c1)OCCCO2)C(=O)O. The van der Waals surface area contributed by atoms with Gasteiger partial charge in [0.2, 0.25) is 0 Å². The molecule has 1 aromatic carbocycles. The molecule has 0 saturated heterocycles. The van der Waals surface area contributed by atoms with E-state index in [0.717, 1.165) is 17.7 Å². The van der Waals surface area contributed by atoms with Gasteiger partial charge in [0.15, 0.2) is 11.5 Å². The largest absolute Gasteiger partial charge is 0.490 e. The van der Waals surface area contributed by atoms with Crippen LogP contribution in [0.1, 0.15) is 12.0 Å². The Hall–Kier alpha value is -1.75. The molecule has 1 aliphatic rings. The van der Waals surface area contributed by atoms with E-state index < -0.39 is 11.9 Å². The molecule has 1 aliphatic heterocycles. The number of aliphatic carboxylic acids is 1. The molecular formula is C13H17NO4. The Morgan fingerprint density at radius 2 is 2.06 bits per heavy atom. The first kappa shape index (κ1) is 12.7. The summed E-state index contributed by atoms with van der Waals surface area (Å²) in [5.74, 6) is -0.0265. The number of nitrogens with two attached hydrogens (primary N) is 1. The second-order valence-electron chi connectivity index (χ2n) is 4.31. The third-order valence-corrected chi connectivity index (χ3v) is 2.93. The molecular weight excluding hydrogens is 234 g/mol. The zero-order valence-corrected chi connectivity index (χ0v) is 10.1. The lowest BCUT2D eigenvalue weighted by Crippen LogP contribution is -2.25. The minimum absolute atomic E-state index is 0.129. The topological polar surface area (TPSA) is 81.8 Å². The number of rotatable bonds is 4. The Labute approximate surface area is 106 Å². The summed E-state index contributed by atoms with van der Waals surface area (Å²) < 4.78 is 11.1. The average molecular weight is 251 g/mol. The van der Waals surface area contributed by atoms with E-state index >= 15 is 0 Å². The van der Waals surface area contributed by atoms with E-state index in [-0.39, 0.29) is 6.54 Å². The second-order valence-corrected chi connectivity index (χ2v) is 4.31. The van der Waals surface area contributed by atoms with Crippen LogP contribution in [-0.2, 0) is 11.2 Å². The van der Waals surface area contributed by atoms with Gasteiger partial charge >= 0.3 is 5.97 Å². The smallest absolute Gasteiger partial charge is 0.308 e. The molecule has 0 spiro atoms. The summed E-state index contributed by atoms with van der Waals surface area (Å²) in [5.41, 5.74) is 6.35. The molecule has 3 N–H and O–H groups in total. The highest BCUT2D eigenvalue weighted by Crippen LogP contribution is 2.31. The van der Waals surface area contributed by atoms with Crippen LogP contribution < -0.4 is 15.2 Å². The van der Waals surface area contributed by atoms with Crippen LogP contribution in [0.4, 0.5) is 0 Å². The van der Waals surface area contributed by atoms with Gasteiger partial charge in [-0.15, -0.1) is 0 Å². The molecule has 18 heavy (non-hydrogen) atoms. The number of benzene rings is 1. The first-order valence-electron chi connectivity index (χ1n) is 6.02. The third-order valence-electron chi connectivity index (χ3n) is 2.93. The Balaban J connectivity index is 2.15. The third kappa shape index (κ3) is 2.92. The monoisotopic (exact) mass is 251 g/mol. The molecule has 1 heterocycles. The van der Waals surface area contributed by atoms with Crippen molar-refractivity contribution < 1.29 is 19.4 Å². The van der Waals surface area contributed by atoms with Crippen molar-refractivity contribution in [2.75, 3.05) is 19.8 Å². The predicted molar refractivity (Wildman–Crippen MR) is 65.9 cm³/mol. The summed E-state index contributed by atoms with van der Waals surface area (Å²) in [6, 6.07) is 5.52. The number of carboxylic acids is 1. The number of ether oxygens (including phenoxy) is 2. The highest BCUT2D eigenvalue weighted by Gasteiger charge is 2.17. The zero-order chi connectivity index (χ0) is 13.0. The fraction of sp³-hybridized carbons (Fsp3) is 0.462. The minimum Gasteiger partial charge on any atom is -0.490 e. The lowest BCUT2D eigenvalue weighted by molar-refractivity contribution is -0.141. The molecule has 0 radical (unpaired) electrons. The maximum absolute atomic E-state index is 10.9. The van der Waals surface area contributed by atoms with Gasteiger partial charge in [0.1, 0.15) is 0 Å². The summed E-state index contributed by atoms with van der Waals surface area (Å²) in [6.07, 6.45) is 1.26. The Morgan fingerprint density at radius 3 is 2.72 bits per heavy atom. The van der Waals surface area contributed by atoms with Crippen LogP contribution in [0.5, 0.6) is 11.5 Å². The van der Waals surface area contributed by atoms with Crippen molar-refractivity contribution in [3.8, 4) is 11.5 Å². The molecule has 0 aliphatic carbocycles. The highest BCUT2D eigenvalue weighted by molar-refractivity contribution is 5.70. The molecule has 2 rings (SSSR count). The number of hydrogen-bond donors (Lipinski definition) is 2. The van der Waals surface area contributed by atoms with Gasteiger partial charge < -0.3 is 20.3 Å². The first-order chi connectivity index (χ1) is 8.70. The van der Waals surface area contributed by atoms with Crippen LogP contribution in [-0.4, -0.2) is 30.8 Å². The number of carbonyl (C=O) groups is 1. The first-order valence-corrected chi connectivity index (χ1v) is 6.02. The average Bonchev–Trinajstić information content (AvgIpc) is 2.60. The second kappa shape index (κ2) is 5.73. The van der Waals surface area contributed by atoms with Gasteiger partial charge in [0.25, 0.3) is 0 Å². The lowest BCUT2D eigenvalue weighted by atomic mass is 9.99. The van der Waals surface area contributed by atoms with E-state index in [1.165, 1.54) is 0 Å². The van der Waals surface area contributed by atoms with Gasteiger partial charge in [0.05, 0.1) is 19.1 Å². The highest BCUT2D eigenvalue weighted by atomic mass is 16.5. The summed E-state index contributed by atoms with van der Waals surface area (Å²) in [7, 11) is 0. The molecule has 1 atom stereocenters. The molecule has 0 aromatic heterocycles. The maximum Gasteiger partial charge on any atom is 0.308 e. The molecule has 5 nitrogen and oxygen atoms in total. The quantitative estimate of drug-likeness (QED) is 0.835. The van der Waals surface area contributed by atoms with E-state index in [9.17, 15) is 4.79 Å². The van der Waals surface area contributed by atoms with Crippen molar-refractivity contribution >= 4 is 5.97 Å². The molecule has 0 saturated carbocycles. The summed E-state index contributed by atoms with van der Waals surface area (Å²) >= 11 is 0. The molecule has 98 valence electrons. The lowest BCUT2D eigenvalue weighted by Gasteiger charge is -2.12. The van der Waals surface area contributed by atoms with E-state index in [0.29, 0.717) is 25.4 Å². The number of fused-ring (bicyclic) bond motifs is 1. The van der Waals surface area contributed by atoms with Gasteiger partial charge in [-0.1, -0.05) is 6.07 Å². The van der Waals surface area contributed by atoms with Gasteiger partial charge in [-0.25, -0.2) is 0 Å².